The van der Waals surface area contributed by atoms with E-state index in [9.17, 15) is 0 Å². The van der Waals surface area contributed by atoms with E-state index in [1.807, 2.05) is 30.0 Å². The molecule has 2 nitrogen and oxygen atoms in total. The van der Waals surface area contributed by atoms with Gasteiger partial charge in [-0.1, -0.05) is 83.9 Å². The van der Waals surface area contributed by atoms with Crippen LogP contribution in [0.4, 0.5) is 5.69 Å². The predicted molar refractivity (Wildman–Crippen MR) is 142 cm³/mol. The van der Waals surface area contributed by atoms with Crippen LogP contribution in [-0.4, -0.2) is 23.2 Å². The molecule has 170 valence electrons. The first-order chi connectivity index (χ1) is 15.1. The van der Waals surface area contributed by atoms with Crippen molar-refractivity contribution in [3.05, 3.63) is 53.5 Å². The van der Waals surface area contributed by atoms with Crippen LogP contribution in [0, 0.1) is 5.92 Å². The largest absolute Gasteiger partial charge is 0.281 e. The van der Waals surface area contributed by atoms with Crippen molar-refractivity contribution in [3.63, 3.8) is 0 Å². The topological polar surface area (TPSA) is 24.7 Å². The lowest BCUT2D eigenvalue weighted by Crippen LogP contribution is -2.12. The highest BCUT2D eigenvalue weighted by Gasteiger charge is 2.13. The highest BCUT2D eigenvalue weighted by atomic mass is 32.2. The normalized spacial score (nSPS) is 17.5. The van der Waals surface area contributed by atoms with Crippen molar-refractivity contribution in [2.24, 2.45) is 15.9 Å². The van der Waals surface area contributed by atoms with Gasteiger partial charge < -0.3 is 0 Å². The third kappa shape index (κ3) is 11.0. The Kier molecular flexibility index (Phi) is 12.6. The van der Waals surface area contributed by atoms with Gasteiger partial charge in [-0.15, -0.1) is 11.8 Å². The number of benzene rings is 1. The van der Waals surface area contributed by atoms with E-state index in [2.05, 4.69) is 58.1 Å². The highest BCUT2D eigenvalue weighted by Crippen LogP contribution is 2.26. The first-order valence-electron chi connectivity index (χ1n) is 12.3. The van der Waals surface area contributed by atoms with E-state index in [4.69, 9.17) is 9.98 Å². The quantitative estimate of drug-likeness (QED) is 0.210. The molecule has 0 saturated heterocycles. The second kappa shape index (κ2) is 15.2. The van der Waals surface area contributed by atoms with Crippen LogP contribution in [0.25, 0.3) is 0 Å². The second-order valence-electron chi connectivity index (χ2n) is 9.03. The third-order valence-electron chi connectivity index (χ3n) is 5.39. The van der Waals surface area contributed by atoms with Gasteiger partial charge in [-0.05, 0) is 61.8 Å². The number of unbranched alkanes of at least 4 members (excludes halogenated alkanes) is 7. The molecule has 0 amide bonds. The molecule has 0 heterocycles. The van der Waals surface area contributed by atoms with Crippen LogP contribution in [0.3, 0.4) is 0 Å². The maximum absolute atomic E-state index is 5.04. The Morgan fingerprint density at radius 3 is 2.19 bits per heavy atom. The minimum Gasteiger partial charge on any atom is -0.281 e. The van der Waals surface area contributed by atoms with Gasteiger partial charge in [0.05, 0.1) is 17.1 Å². The summed E-state index contributed by atoms with van der Waals surface area (Å²) >= 11 is 1.95. The summed E-state index contributed by atoms with van der Waals surface area (Å²) in [5.41, 5.74) is 3.14. The van der Waals surface area contributed by atoms with Crippen molar-refractivity contribution in [1.82, 2.24) is 0 Å². The van der Waals surface area contributed by atoms with Gasteiger partial charge in [-0.3, -0.25) is 4.99 Å². The first kappa shape index (κ1) is 25.6. The van der Waals surface area contributed by atoms with E-state index < -0.39 is 0 Å². The zero-order valence-electron chi connectivity index (χ0n) is 20.1. The van der Waals surface area contributed by atoms with Gasteiger partial charge in [0.1, 0.15) is 0 Å². The molecule has 2 rings (SSSR count). The Hall–Kier alpha value is -1.61. The molecule has 0 N–H and O–H groups in total. The minimum absolute atomic E-state index is 0.347. The van der Waals surface area contributed by atoms with Crippen molar-refractivity contribution in [2.75, 3.05) is 5.75 Å². The Morgan fingerprint density at radius 1 is 0.839 bits per heavy atom. The van der Waals surface area contributed by atoms with Crippen molar-refractivity contribution >= 4 is 28.9 Å². The number of thioether (sulfide) groups is 1. The molecule has 3 heteroatoms. The molecule has 0 bridgehead atoms. The van der Waals surface area contributed by atoms with E-state index in [0.29, 0.717) is 12.0 Å². The molecule has 1 aromatic carbocycles. The van der Waals surface area contributed by atoms with Gasteiger partial charge >= 0.3 is 0 Å². The smallest absolute Gasteiger partial charge is 0.0714 e. The van der Waals surface area contributed by atoms with E-state index >= 15 is 0 Å². The van der Waals surface area contributed by atoms with Crippen molar-refractivity contribution < 1.29 is 0 Å². The zero-order chi connectivity index (χ0) is 22.3. The number of nitrogens with zero attached hydrogens (tertiary/aromatic N) is 2. The lowest BCUT2D eigenvalue weighted by Gasteiger charge is -2.16. The van der Waals surface area contributed by atoms with Crippen LogP contribution in [0.1, 0.15) is 85.5 Å². The fourth-order valence-corrected chi connectivity index (χ4v) is 4.88. The lowest BCUT2D eigenvalue weighted by molar-refractivity contribution is 0.522. The number of para-hydroxylation sites is 1. The Bertz CT molecular complexity index is 744. The van der Waals surface area contributed by atoms with Crippen molar-refractivity contribution in [3.8, 4) is 0 Å². The van der Waals surface area contributed by atoms with E-state index in [0.717, 1.165) is 29.3 Å². The highest BCUT2D eigenvalue weighted by molar-refractivity contribution is 8.04. The second-order valence-corrected chi connectivity index (χ2v) is 10.2. The molecule has 1 aromatic rings. The molecule has 0 radical (unpaired) electrons. The summed E-state index contributed by atoms with van der Waals surface area (Å²) in [6, 6.07) is 10.6. The Morgan fingerprint density at radius 2 is 1.52 bits per heavy atom. The standard InChI is InChI=1S/C28H42N2S/c1-5-6-7-8-9-10-11-15-20-31-28-22-26(30-25-16-13-12-14-17-25)18-19-27(28)29-24(4)21-23(2)3/h12-14,16-19,22-24H,5-11,15,20-21H2,1-4H3. The van der Waals surface area contributed by atoms with E-state index in [1.54, 1.807) is 0 Å². The SMILES string of the molecule is CCCCCCCCCCSC1=CC(=Nc2ccccc2)C=CC1=NC(C)CC(C)C. The van der Waals surface area contributed by atoms with Crippen LogP contribution >= 0.6 is 11.8 Å². The van der Waals surface area contributed by atoms with Crippen molar-refractivity contribution in [1.29, 1.82) is 0 Å². The first-order valence-corrected chi connectivity index (χ1v) is 13.3. The Labute approximate surface area is 195 Å². The van der Waals surface area contributed by atoms with E-state index in [1.165, 1.54) is 56.3 Å². The van der Waals surface area contributed by atoms with Gasteiger partial charge in [0.2, 0.25) is 0 Å². The van der Waals surface area contributed by atoms with Crippen molar-refractivity contribution in [2.45, 2.75) is 91.5 Å². The summed E-state index contributed by atoms with van der Waals surface area (Å²) in [5.74, 6) is 1.82. The maximum atomic E-state index is 5.04. The average molecular weight is 439 g/mol. The van der Waals surface area contributed by atoms with Crippen LogP contribution < -0.4 is 0 Å². The molecule has 0 aliphatic heterocycles. The number of hydrogen-bond acceptors (Lipinski definition) is 3. The summed E-state index contributed by atoms with van der Waals surface area (Å²) in [7, 11) is 0. The third-order valence-corrected chi connectivity index (χ3v) is 6.52. The predicted octanol–water partition coefficient (Wildman–Crippen LogP) is 8.96. The maximum Gasteiger partial charge on any atom is 0.0714 e. The summed E-state index contributed by atoms with van der Waals surface area (Å²) < 4.78 is 0. The molecule has 1 unspecified atom stereocenters. The van der Waals surface area contributed by atoms with E-state index in [-0.39, 0.29) is 0 Å². The van der Waals surface area contributed by atoms with Crippen LogP contribution in [0.15, 0.2) is 63.4 Å². The van der Waals surface area contributed by atoms with Gasteiger partial charge in [0.15, 0.2) is 0 Å². The summed E-state index contributed by atoms with van der Waals surface area (Å²) in [4.78, 5) is 11.1. The summed E-state index contributed by atoms with van der Waals surface area (Å²) in [5, 5.41) is 0. The van der Waals surface area contributed by atoms with Crippen LogP contribution in [0.2, 0.25) is 0 Å². The molecule has 0 fully saturated rings. The van der Waals surface area contributed by atoms with Gasteiger partial charge in [0.25, 0.3) is 0 Å². The molecule has 1 aliphatic carbocycles. The number of allylic oxidation sites excluding steroid dienone is 4. The molecule has 1 aliphatic rings. The molecule has 0 spiro atoms. The molecule has 31 heavy (non-hydrogen) atoms. The van der Waals surface area contributed by atoms with Crippen LogP contribution in [-0.2, 0) is 0 Å². The molecule has 1 atom stereocenters. The van der Waals surface area contributed by atoms with Crippen LogP contribution in [0.5, 0.6) is 0 Å². The van der Waals surface area contributed by atoms with Gasteiger partial charge in [-0.2, -0.15) is 0 Å². The monoisotopic (exact) mass is 438 g/mol. The molecule has 0 saturated carbocycles. The number of hydrogen-bond donors (Lipinski definition) is 0. The Balaban J connectivity index is 1.95. The lowest BCUT2D eigenvalue weighted by atomic mass is 10.1. The molecular formula is C28H42N2S. The number of rotatable bonds is 14. The summed E-state index contributed by atoms with van der Waals surface area (Å²) in [6.07, 6.45) is 18.5. The summed E-state index contributed by atoms with van der Waals surface area (Å²) in [6.45, 7) is 9.05. The van der Waals surface area contributed by atoms with Gasteiger partial charge in [-0.25, -0.2) is 4.99 Å². The fourth-order valence-electron chi connectivity index (χ4n) is 3.84. The fraction of sp³-hybridized carbons (Fsp3) is 0.571. The molecular weight excluding hydrogens is 396 g/mol. The average Bonchev–Trinajstić information content (AvgIpc) is 2.74. The minimum atomic E-state index is 0.347. The number of aliphatic imine (C=N–C) groups is 2. The zero-order valence-corrected chi connectivity index (χ0v) is 21.0. The molecule has 0 aromatic heterocycles. The van der Waals surface area contributed by atoms with Gasteiger partial charge in [0, 0.05) is 10.9 Å².